The number of nitriles is 1. The van der Waals surface area contributed by atoms with Crippen LogP contribution < -0.4 is 4.90 Å². The standard InChI is InChI=1S/C11H12N4O3/c12-6-8-1-2-13-14-11(8)15-3-4-18-9(7-15)5-10(16)17/h1-2,9H,3-5,7H2,(H,16,17). The lowest BCUT2D eigenvalue weighted by Crippen LogP contribution is -2.44. The van der Waals surface area contributed by atoms with Gasteiger partial charge in [0.1, 0.15) is 6.07 Å². The molecule has 1 aliphatic rings. The minimum absolute atomic E-state index is 0.0569. The van der Waals surface area contributed by atoms with Gasteiger partial charge in [0.2, 0.25) is 0 Å². The van der Waals surface area contributed by atoms with Gasteiger partial charge in [0.15, 0.2) is 5.82 Å². The smallest absolute Gasteiger partial charge is 0.306 e. The molecule has 7 heteroatoms. The minimum Gasteiger partial charge on any atom is -0.481 e. The number of aromatic nitrogens is 2. The van der Waals surface area contributed by atoms with Crippen LogP contribution in [0.25, 0.3) is 0 Å². The van der Waals surface area contributed by atoms with Gasteiger partial charge >= 0.3 is 5.97 Å². The monoisotopic (exact) mass is 248 g/mol. The summed E-state index contributed by atoms with van der Waals surface area (Å²) in [5.41, 5.74) is 0.431. The summed E-state index contributed by atoms with van der Waals surface area (Å²) < 4.78 is 5.36. The zero-order chi connectivity index (χ0) is 13.0. The van der Waals surface area contributed by atoms with E-state index in [9.17, 15) is 4.79 Å². The Morgan fingerprint density at radius 3 is 3.28 bits per heavy atom. The molecule has 0 aromatic carbocycles. The van der Waals surface area contributed by atoms with E-state index >= 15 is 0 Å². The highest BCUT2D eigenvalue weighted by Gasteiger charge is 2.25. The highest BCUT2D eigenvalue weighted by Crippen LogP contribution is 2.19. The number of aliphatic carboxylic acids is 1. The van der Waals surface area contributed by atoms with Crippen LogP contribution in [0.2, 0.25) is 0 Å². The normalized spacial score (nSPS) is 19.3. The molecular weight excluding hydrogens is 236 g/mol. The lowest BCUT2D eigenvalue weighted by atomic mass is 10.2. The van der Waals surface area contributed by atoms with Crippen molar-refractivity contribution >= 4 is 11.8 Å². The Labute approximate surface area is 104 Å². The summed E-state index contributed by atoms with van der Waals surface area (Å²) in [5, 5.41) is 25.4. The molecule has 1 fully saturated rings. The average Bonchev–Trinajstić information content (AvgIpc) is 2.38. The molecule has 0 amide bonds. The SMILES string of the molecule is N#Cc1ccnnc1N1CCOC(CC(=O)O)C1. The molecule has 1 aromatic heterocycles. The molecule has 18 heavy (non-hydrogen) atoms. The molecule has 0 aliphatic carbocycles. The van der Waals surface area contributed by atoms with Gasteiger partial charge in [-0.05, 0) is 6.07 Å². The van der Waals surface area contributed by atoms with Crippen LogP contribution >= 0.6 is 0 Å². The highest BCUT2D eigenvalue weighted by atomic mass is 16.5. The van der Waals surface area contributed by atoms with Gasteiger partial charge in [0.25, 0.3) is 0 Å². The molecule has 1 N–H and O–H groups in total. The third kappa shape index (κ3) is 2.73. The number of hydrogen-bond acceptors (Lipinski definition) is 6. The summed E-state index contributed by atoms with van der Waals surface area (Å²) in [7, 11) is 0. The molecule has 2 heterocycles. The summed E-state index contributed by atoms with van der Waals surface area (Å²) in [6, 6.07) is 3.63. The Bertz CT molecular complexity index is 485. The number of hydrogen-bond donors (Lipinski definition) is 1. The molecule has 0 spiro atoms. The summed E-state index contributed by atoms with van der Waals surface area (Å²) in [6.07, 6.45) is 1.01. The van der Waals surface area contributed by atoms with E-state index < -0.39 is 5.97 Å². The third-order valence-electron chi connectivity index (χ3n) is 2.66. The van der Waals surface area contributed by atoms with E-state index in [1.807, 2.05) is 11.0 Å². The lowest BCUT2D eigenvalue weighted by Gasteiger charge is -2.33. The van der Waals surface area contributed by atoms with Crippen molar-refractivity contribution in [1.82, 2.24) is 10.2 Å². The van der Waals surface area contributed by atoms with Gasteiger partial charge in [0.05, 0.1) is 30.9 Å². The van der Waals surface area contributed by atoms with Crippen molar-refractivity contribution < 1.29 is 14.6 Å². The number of carbonyl (C=O) groups is 1. The van der Waals surface area contributed by atoms with Gasteiger partial charge < -0.3 is 14.7 Å². The van der Waals surface area contributed by atoms with Crippen molar-refractivity contribution in [2.75, 3.05) is 24.6 Å². The van der Waals surface area contributed by atoms with Crippen LogP contribution in [0.1, 0.15) is 12.0 Å². The predicted molar refractivity (Wildman–Crippen MR) is 61.0 cm³/mol. The van der Waals surface area contributed by atoms with E-state index in [1.54, 1.807) is 6.07 Å². The van der Waals surface area contributed by atoms with E-state index in [0.29, 0.717) is 31.1 Å². The Morgan fingerprint density at radius 1 is 1.72 bits per heavy atom. The number of anilines is 1. The molecule has 2 rings (SSSR count). The van der Waals surface area contributed by atoms with Crippen LogP contribution in [-0.2, 0) is 9.53 Å². The summed E-state index contributed by atoms with van der Waals surface area (Å²) in [5.74, 6) is -0.416. The first-order chi connectivity index (χ1) is 8.70. The average molecular weight is 248 g/mol. The summed E-state index contributed by atoms with van der Waals surface area (Å²) in [6.45, 7) is 1.39. The molecule has 0 bridgehead atoms. The number of ether oxygens (including phenoxy) is 1. The predicted octanol–water partition coefficient (Wildman–Crippen LogP) is 0.0282. The second-order valence-corrected chi connectivity index (χ2v) is 3.92. The molecule has 0 saturated carbocycles. The molecule has 1 saturated heterocycles. The summed E-state index contributed by atoms with van der Waals surface area (Å²) in [4.78, 5) is 12.5. The van der Waals surface area contributed by atoms with Crippen molar-refractivity contribution in [3.63, 3.8) is 0 Å². The highest BCUT2D eigenvalue weighted by molar-refractivity contribution is 5.67. The number of nitrogens with zero attached hydrogens (tertiary/aromatic N) is 4. The molecule has 1 aliphatic heterocycles. The first-order valence-electron chi connectivity index (χ1n) is 5.51. The maximum Gasteiger partial charge on any atom is 0.306 e. The zero-order valence-electron chi connectivity index (χ0n) is 9.61. The van der Waals surface area contributed by atoms with Crippen molar-refractivity contribution in [1.29, 1.82) is 5.26 Å². The fraction of sp³-hybridized carbons (Fsp3) is 0.455. The van der Waals surface area contributed by atoms with Crippen molar-refractivity contribution in [3.8, 4) is 6.07 Å². The van der Waals surface area contributed by atoms with Gasteiger partial charge in [-0.3, -0.25) is 4.79 Å². The molecule has 94 valence electrons. The third-order valence-corrected chi connectivity index (χ3v) is 2.66. The van der Waals surface area contributed by atoms with E-state index in [0.717, 1.165) is 0 Å². The van der Waals surface area contributed by atoms with Crippen molar-refractivity contribution in [2.24, 2.45) is 0 Å². The minimum atomic E-state index is -0.901. The van der Waals surface area contributed by atoms with Gasteiger partial charge in [-0.2, -0.15) is 10.4 Å². The van der Waals surface area contributed by atoms with E-state index in [1.165, 1.54) is 6.20 Å². The first-order valence-corrected chi connectivity index (χ1v) is 5.51. The molecular formula is C11H12N4O3. The quantitative estimate of drug-likeness (QED) is 0.805. The molecule has 7 nitrogen and oxygen atoms in total. The Balaban J connectivity index is 2.13. The largest absolute Gasteiger partial charge is 0.481 e. The van der Waals surface area contributed by atoms with Crippen LogP contribution in [0.5, 0.6) is 0 Å². The second-order valence-electron chi connectivity index (χ2n) is 3.92. The van der Waals surface area contributed by atoms with Crippen molar-refractivity contribution in [3.05, 3.63) is 17.8 Å². The Hall–Kier alpha value is -2.20. The zero-order valence-corrected chi connectivity index (χ0v) is 9.61. The van der Waals surface area contributed by atoms with Crippen molar-refractivity contribution in [2.45, 2.75) is 12.5 Å². The maximum absolute atomic E-state index is 10.7. The van der Waals surface area contributed by atoms with Crippen LogP contribution in [0, 0.1) is 11.3 Å². The first kappa shape index (κ1) is 12.3. The van der Waals surface area contributed by atoms with Gasteiger partial charge in [0, 0.05) is 13.1 Å². The number of carboxylic acids is 1. The van der Waals surface area contributed by atoms with Gasteiger partial charge in [-0.15, -0.1) is 5.10 Å². The second kappa shape index (κ2) is 5.42. The van der Waals surface area contributed by atoms with Gasteiger partial charge in [-0.1, -0.05) is 0 Å². The number of morpholine rings is 1. The fourth-order valence-corrected chi connectivity index (χ4v) is 1.88. The Morgan fingerprint density at radius 2 is 2.56 bits per heavy atom. The van der Waals surface area contributed by atoms with Crippen LogP contribution in [0.15, 0.2) is 12.3 Å². The lowest BCUT2D eigenvalue weighted by molar-refractivity contribution is -0.140. The van der Waals surface area contributed by atoms with Gasteiger partial charge in [-0.25, -0.2) is 0 Å². The molecule has 1 aromatic rings. The topological polar surface area (TPSA) is 99.3 Å². The molecule has 1 atom stereocenters. The fourth-order valence-electron chi connectivity index (χ4n) is 1.88. The van der Waals surface area contributed by atoms with Crippen LogP contribution in [0.3, 0.4) is 0 Å². The Kier molecular flexibility index (Phi) is 3.69. The van der Waals surface area contributed by atoms with E-state index in [2.05, 4.69) is 10.2 Å². The van der Waals surface area contributed by atoms with Crippen LogP contribution in [-0.4, -0.2) is 47.1 Å². The van der Waals surface area contributed by atoms with E-state index in [-0.39, 0.29) is 12.5 Å². The number of carboxylic acid groups (broad SMARTS) is 1. The molecule has 1 unspecified atom stereocenters. The summed E-state index contributed by atoms with van der Waals surface area (Å²) >= 11 is 0. The van der Waals surface area contributed by atoms with E-state index in [4.69, 9.17) is 15.1 Å². The molecule has 0 radical (unpaired) electrons. The maximum atomic E-state index is 10.7. The number of rotatable bonds is 3. The van der Waals surface area contributed by atoms with Crippen LogP contribution in [0.4, 0.5) is 5.82 Å².